The van der Waals surface area contributed by atoms with Crippen LogP contribution in [0.25, 0.3) is 0 Å². The molecule has 0 aliphatic heterocycles. The predicted octanol–water partition coefficient (Wildman–Crippen LogP) is 12.7. The first-order valence-electron chi connectivity index (χ1n) is 26.3. The van der Waals surface area contributed by atoms with Crippen LogP contribution < -0.4 is 0 Å². The van der Waals surface area contributed by atoms with Crippen molar-refractivity contribution in [1.82, 2.24) is 0 Å². The van der Waals surface area contributed by atoms with Crippen molar-refractivity contribution in [2.45, 2.75) is 212 Å². The SMILES string of the molecule is CCCCC/C=C\C/C=C\C/C=C\C/C=C\CCCC(=O)OCC(O)COP(=O)(O)OCC(O)COP(=O)(O)OCC(O)COC(=O)CCCCCCCCCCCCC/C=C\C/C=C\CCCCC. The number of phosphoric acid groups is 2. The molecular weight excluding hydrogens is 939 g/mol. The number of aliphatic hydroxyl groups is 3. The number of carbonyl (C=O) groups excluding carboxylic acids is 2. The maximum absolute atomic E-state index is 12.2. The van der Waals surface area contributed by atoms with Crippen LogP contribution in [0.5, 0.6) is 0 Å². The van der Waals surface area contributed by atoms with Crippen molar-refractivity contribution in [3.8, 4) is 0 Å². The summed E-state index contributed by atoms with van der Waals surface area (Å²) in [6.45, 7) is 0.308. The zero-order valence-electron chi connectivity index (χ0n) is 42.9. The van der Waals surface area contributed by atoms with E-state index in [1.165, 1.54) is 89.9 Å². The molecule has 0 saturated carbocycles. The highest BCUT2D eigenvalue weighted by atomic mass is 31.2. The van der Waals surface area contributed by atoms with Gasteiger partial charge in [-0.25, -0.2) is 9.13 Å². The summed E-state index contributed by atoms with van der Waals surface area (Å²) in [5.74, 6) is -1.05. The highest BCUT2D eigenvalue weighted by Crippen LogP contribution is 2.45. The Hall–Kier alpha value is -2.52. The summed E-state index contributed by atoms with van der Waals surface area (Å²) in [4.78, 5) is 43.8. The summed E-state index contributed by atoms with van der Waals surface area (Å²) >= 11 is 0. The van der Waals surface area contributed by atoms with Gasteiger partial charge < -0.3 is 34.6 Å². The van der Waals surface area contributed by atoms with Gasteiger partial charge in [0.2, 0.25) is 0 Å². The van der Waals surface area contributed by atoms with Crippen LogP contribution in [0.1, 0.15) is 194 Å². The first kappa shape index (κ1) is 67.5. The first-order valence-corrected chi connectivity index (χ1v) is 29.3. The number of aliphatic hydroxyl groups excluding tert-OH is 3. The van der Waals surface area contributed by atoms with E-state index in [-0.39, 0.29) is 12.8 Å². The van der Waals surface area contributed by atoms with E-state index in [1.54, 1.807) is 0 Å². The van der Waals surface area contributed by atoms with E-state index in [9.17, 15) is 43.8 Å². The largest absolute Gasteiger partial charge is 0.472 e. The van der Waals surface area contributed by atoms with E-state index in [0.717, 1.165) is 57.8 Å². The number of allylic oxidation sites excluding steroid dienone is 12. The van der Waals surface area contributed by atoms with Gasteiger partial charge in [-0.15, -0.1) is 0 Å². The van der Waals surface area contributed by atoms with Crippen molar-refractivity contribution in [3.63, 3.8) is 0 Å². The fourth-order valence-corrected chi connectivity index (χ4v) is 8.12. The second-order valence-electron chi connectivity index (χ2n) is 17.5. The van der Waals surface area contributed by atoms with Gasteiger partial charge in [-0.1, -0.05) is 170 Å². The maximum atomic E-state index is 12.2. The molecule has 5 N–H and O–H groups in total. The zero-order chi connectivity index (χ0) is 51.7. The Balaban J connectivity index is 3.90. The molecule has 0 fully saturated rings. The molecule has 70 heavy (non-hydrogen) atoms. The van der Waals surface area contributed by atoms with Crippen molar-refractivity contribution in [2.75, 3.05) is 39.6 Å². The molecule has 17 heteroatoms. The molecule has 0 spiro atoms. The second kappa shape index (κ2) is 48.7. The third-order valence-corrected chi connectivity index (χ3v) is 12.5. The minimum atomic E-state index is -4.80. The van der Waals surface area contributed by atoms with Crippen molar-refractivity contribution < 1.29 is 71.4 Å². The van der Waals surface area contributed by atoms with Gasteiger partial charge in [-0.05, 0) is 83.5 Å². The number of esters is 2. The summed E-state index contributed by atoms with van der Waals surface area (Å²) < 4.78 is 53.1. The lowest BCUT2D eigenvalue weighted by Gasteiger charge is -2.19. The van der Waals surface area contributed by atoms with E-state index in [1.807, 2.05) is 12.2 Å². The van der Waals surface area contributed by atoms with Gasteiger partial charge in [-0.2, -0.15) is 0 Å². The summed E-state index contributed by atoms with van der Waals surface area (Å²) in [7, 11) is -9.60. The average Bonchev–Trinajstić information content (AvgIpc) is 3.34. The van der Waals surface area contributed by atoms with Crippen molar-refractivity contribution >= 4 is 27.6 Å². The molecule has 0 aromatic rings. The van der Waals surface area contributed by atoms with E-state index in [2.05, 4.69) is 88.2 Å². The molecule has 0 aromatic carbocycles. The van der Waals surface area contributed by atoms with Crippen molar-refractivity contribution in [3.05, 3.63) is 72.9 Å². The van der Waals surface area contributed by atoms with Crippen LogP contribution in [-0.4, -0.2) is 95.0 Å². The Morgan fingerprint density at radius 3 is 0.971 bits per heavy atom. The molecule has 0 rings (SSSR count). The van der Waals surface area contributed by atoms with Gasteiger partial charge in [0.15, 0.2) is 0 Å². The summed E-state index contributed by atoms with van der Waals surface area (Å²) in [5.41, 5.74) is 0. The molecule has 0 aromatic heterocycles. The van der Waals surface area contributed by atoms with E-state index in [0.29, 0.717) is 19.3 Å². The third-order valence-electron chi connectivity index (χ3n) is 10.6. The maximum Gasteiger partial charge on any atom is 0.472 e. The molecule has 5 unspecified atom stereocenters. The molecule has 406 valence electrons. The van der Waals surface area contributed by atoms with Gasteiger partial charge in [0.05, 0.1) is 26.4 Å². The Bertz CT molecular complexity index is 1530. The second-order valence-corrected chi connectivity index (χ2v) is 20.4. The number of hydrogen-bond acceptors (Lipinski definition) is 13. The zero-order valence-corrected chi connectivity index (χ0v) is 44.7. The summed E-state index contributed by atoms with van der Waals surface area (Å²) in [5, 5.41) is 30.1. The molecule has 15 nitrogen and oxygen atoms in total. The highest BCUT2D eigenvalue weighted by molar-refractivity contribution is 7.47. The molecule has 0 aliphatic rings. The molecule has 0 heterocycles. The van der Waals surface area contributed by atoms with Crippen LogP contribution in [0.15, 0.2) is 72.9 Å². The quantitative estimate of drug-likeness (QED) is 0.0165. The molecule has 0 saturated heterocycles. The number of hydrogen-bond donors (Lipinski definition) is 5. The normalized spacial score (nSPS) is 15.5. The van der Waals surface area contributed by atoms with Crippen LogP contribution in [0.2, 0.25) is 0 Å². The van der Waals surface area contributed by atoms with Gasteiger partial charge in [-0.3, -0.25) is 27.7 Å². The smallest absolute Gasteiger partial charge is 0.463 e. The van der Waals surface area contributed by atoms with Gasteiger partial charge in [0, 0.05) is 12.8 Å². The summed E-state index contributed by atoms with van der Waals surface area (Å²) in [6, 6.07) is 0. The van der Waals surface area contributed by atoms with E-state index >= 15 is 0 Å². The molecule has 0 amide bonds. The van der Waals surface area contributed by atoms with Gasteiger partial charge in [0.25, 0.3) is 0 Å². The van der Waals surface area contributed by atoms with E-state index in [4.69, 9.17) is 14.0 Å². The number of ether oxygens (including phenoxy) is 2. The van der Waals surface area contributed by atoms with Crippen LogP contribution >= 0.6 is 15.6 Å². The van der Waals surface area contributed by atoms with Crippen molar-refractivity contribution in [2.24, 2.45) is 0 Å². The number of carbonyl (C=O) groups is 2. The fraction of sp³-hybridized carbons (Fsp3) is 0.736. The van der Waals surface area contributed by atoms with Crippen LogP contribution in [-0.2, 0) is 46.3 Å². The van der Waals surface area contributed by atoms with Gasteiger partial charge >= 0.3 is 27.6 Å². The van der Waals surface area contributed by atoms with Crippen LogP contribution in [0.4, 0.5) is 0 Å². The standard InChI is InChI=1S/C53H94O15P2/c1-3-5-7-9-11-13-15-17-19-21-22-23-24-26-28-30-32-34-36-38-40-42-53(58)64-44-50(55)46-66-70(61,62)68-48-51(56)47-67-69(59,60)65-45-49(54)43-63-52(57)41-39-37-35-33-31-29-27-25-20-18-16-14-12-10-8-6-4-2/h11-14,17-20,27,29,33,35,49-51,54-56H,3-10,15-16,21-26,28,30-32,34,36-48H2,1-2H3,(H,59,60)(H,61,62)/b13-11-,14-12-,19-17-,20-18-,29-27-,35-33-. The van der Waals surface area contributed by atoms with Crippen LogP contribution in [0.3, 0.4) is 0 Å². The van der Waals surface area contributed by atoms with Gasteiger partial charge in [0.1, 0.15) is 31.5 Å². The topological polar surface area (TPSA) is 225 Å². The monoisotopic (exact) mass is 1030 g/mol. The lowest BCUT2D eigenvalue weighted by Crippen LogP contribution is -2.25. The number of phosphoric ester groups is 2. The third kappa shape index (κ3) is 50.4. The molecule has 0 radical (unpaired) electrons. The minimum absolute atomic E-state index is 0.118. The number of rotatable bonds is 50. The Morgan fingerprint density at radius 1 is 0.371 bits per heavy atom. The lowest BCUT2D eigenvalue weighted by molar-refractivity contribution is -0.148. The molecule has 0 bridgehead atoms. The fourth-order valence-electron chi connectivity index (χ4n) is 6.53. The van der Waals surface area contributed by atoms with Crippen LogP contribution in [0, 0.1) is 0 Å². The molecular formula is C53H94O15P2. The summed E-state index contributed by atoms with van der Waals surface area (Å²) in [6.07, 6.45) is 50.3. The highest BCUT2D eigenvalue weighted by Gasteiger charge is 2.28. The Labute approximate surface area is 422 Å². The molecule has 0 aliphatic carbocycles. The Kier molecular flexibility index (Phi) is 47.0. The average molecular weight is 1030 g/mol. The van der Waals surface area contributed by atoms with Crippen molar-refractivity contribution in [1.29, 1.82) is 0 Å². The lowest BCUT2D eigenvalue weighted by atomic mass is 10.0. The Morgan fingerprint density at radius 2 is 0.629 bits per heavy atom. The van der Waals surface area contributed by atoms with E-state index < -0.39 is 85.5 Å². The predicted molar refractivity (Wildman–Crippen MR) is 279 cm³/mol. The number of unbranched alkanes of at least 4 members (excludes halogenated alkanes) is 18. The minimum Gasteiger partial charge on any atom is -0.463 e. The molecule has 5 atom stereocenters. The first-order chi connectivity index (χ1) is 33.8.